The third-order valence-corrected chi connectivity index (χ3v) is 4.32. The molecule has 1 saturated carbocycles. The molecule has 104 valence electrons. The van der Waals surface area contributed by atoms with Gasteiger partial charge >= 0.3 is 0 Å². The first-order valence-electron chi connectivity index (χ1n) is 7.24. The summed E-state index contributed by atoms with van der Waals surface area (Å²) in [6.45, 7) is 2.08. The van der Waals surface area contributed by atoms with Crippen molar-refractivity contribution in [3.63, 3.8) is 0 Å². The fourth-order valence-corrected chi connectivity index (χ4v) is 3.04. The van der Waals surface area contributed by atoms with Crippen LogP contribution in [0.3, 0.4) is 0 Å². The highest BCUT2D eigenvalue weighted by atomic mass is 35.5. The maximum Gasteiger partial charge on any atom is 0.242 e. The average molecular weight is 280 g/mol. The van der Waals surface area contributed by atoms with Gasteiger partial charge in [-0.15, -0.1) is 11.6 Å². The van der Waals surface area contributed by atoms with Crippen LogP contribution in [-0.4, -0.2) is 11.9 Å². The van der Waals surface area contributed by atoms with Gasteiger partial charge in [0.05, 0.1) is 0 Å². The number of hydrogen-bond acceptors (Lipinski definition) is 1. The molecule has 3 heteroatoms. The molecule has 0 spiro atoms. The molecule has 1 aliphatic rings. The van der Waals surface area contributed by atoms with Gasteiger partial charge in [-0.1, -0.05) is 50.5 Å². The van der Waals surface area contributed by atoms with Gasteiger partial charge in [-0.2, -0.15) is 0 Å². The van der Waals surface area contributed by atoms with Crippen LogP contribution >= 0.6 is 11.6 Å². The number of amides is 1. The second kappa shape index (κ2) is 6.95. The zero-order chi connectivity index (χ0) is 13.7. The maximum absolute atomic E-state index is 12.2. The molecule has 1 N–H and O–H groups in total. The third kappa shape index (κ3) is 3.73. The van der Waals surface area contributed by atoms with Gasteiger partial charge in [0.15, 0.2) is 0 Å². The normalized spacial score (nSPS) is 18.0. The number of benzene rings is 1. The zero-order valence-corrected chi connectivity index (χ0v) is 12.2. The first-order chi connectivity index (χ1) is 9.22. The molecular formula is C16H22ClNO. The lowest BCUT2D eigenvalue weighted by Crippen LogP contribution is -2.38. The molecule has 2 nitrogen and oxygen atoms in total. The summed E-state index contributed by atoms with van der Waals surface area (Å²) in [5.41, 5.74) is 2.10. The predicted molar refractivity (Wildman–Crippen MR) is 79.4 cm³/mol. The number of carbonyl (C=O) groups is 1. The van der Waals surface area contributed by atoms with E-state index in [0.29, 0.717) is 6.04 Å². The lowest BCUT2D eigenvalue weighted by atomic mass is 9.95. The minimum absolute atomic E-state index is 0.0468. The molecule has 1 aromatic rings. The Kier molecular flexibility index (Phi) is 5.26. The fraction of sp³-hybridized carbons (Fsp3) is 0.562. The summed E-state index contributed by atoms with van der Waals surface area (Å²) in [7, 11) is 0. The number of aryl methyl sites for hydroxylation is 1. The van der Waals surface area contributed by atoms with E-state index in [1.807, 2.05) is 24.3 Å². The SMILES string of the molecule is CCc1ccccc1C(Cl)C(=O)NC1CCCCC1. The van der Waals surface area contributed by atoms with E-state index < -0.39 is 5.38 Å². The van der Waals surface area contributed by atoms with Gasteiger partial charge in [-0.3, -0.25) is 4.79 Å². The van der Waals surface area contributed by atoms with Crippen LogP contribution in [0.1, 0.15) is 55.5 Å². The molecule has 1 aliphatic carbocycles. The van der Waals surface area contributed by atoms with E-state index in [-0.39, 0.29) is 5.91 Å². The summed E-state index contributed by atoms with van der Waals surface area (Å²) >= 11 is 6.35. The molecule has 0 aromatic heterocycles. The van der Waals surface area contributed by atoms with Gasteiger partial charge in [0.1, 0.15) is 5.38 Å². The van der Waals surface area contributed by atoms with Crippen molar-refractivity contribution in [1.29, 1.82) is 0 Å². The van der Waals surface area contributed by atoms with E-state index in [0.717, 1.165) is 30.4 Å². The van der Waals surface area contributed by atoms with E-state index in [1.54, 1.807) is 0 Å². The number of rotatable bonds is 4. The van der Waals surface area contributed by atoms with E-state index >= 15 is 0 Å². The Morgan fingerprint density at radius 1 is 1.32 bits per heavy atom. The smallest absolute Gasteiger partial charge is 0.242 e. The molecule has 0 heterocycles. The predicted octanol–water partition coefficient (Wildman–Crippen LogP) is 3.98. The molecule has 0 bridgehead atoms. The molecular weight excluding hydrogens is 258 g/mol. The van der Waals surface area contributed by atoms with Crippen LogP contribution in [0.15, 0.2) is 24.3 Å². The molecule has 1 aromatic carbocycles. The van der Waals surface area contributed by atoms with Crippen LogP contribution in [0.25, 0.3) is 0 Å². The van der Waals surface area contributed by atoms with Gasteiger partial charge in [0.2, 0.25) is 5.91 Å². The Bertz CT molecular complexity index is 427. The van der Waals surface area contributed by atoms with E-state index in [4.69, 9.17) is 11.6 Å². The molecule has 0 radical (unpaired) electrons. The standard InChI is InChI=1S/C16H22ClNO/c1-2-12-8-6-7-11-14(12)15(17)16(19)18-13-9-4-3-5-10-13/h6-8,11,13,15H,2-5,9-10H2,1H3,(H,18,19). The summed E-state index contributed by atoms with van der Waals surface area (Å²) in [4.78, 5) is 12.2. The van der Waals surface area contributed by atoms with Gasteiger partial charge in [-0.25, -0.2) is 0 Å². The number of hydrogen-bond donors (Lipinski definition) is 1. The van der Waals surface area contributed by atoms with Crippen molar-refractivity contribution < 1.29 is 4.79 Å². The minimum Gasteiger partial charge on any atom is -0.352 e. The van der Waals surface area contributed by atoms with Crippen molar-refractivity contribution in [3.05, 3.63) is 35.4 Å². The van der Waals surface area contributed by atoms with Crippen LogP contribution in [0.4, 0.5) is 0 Å². The van der Waals surface area contributed by atoms with Crippen molar-refractivity contribution >= 4 is 17.5 Å². The third-order valence-electron chi connectivity index (χ3n) is 3.89. The van der Waals surface area contributed by atoms with Crippen LogP contribution in [0.5, 0.6) is 0 Å². The Balaban J connectivity index is 2.01. The number of nitrogens with one attached hydrogen (secondary N) is 1. The maximum atomic E-state index is 12.2. The van der Waals surface area contributed by atoms with Crippen LogP contribution in [-0.2, 0) is 11.2 Å². The van der Waals surface area contributed by atoms with Crippen molar-refractivity contribution in [2.24, 2.45) is 0 Å². The van der Waals surface area contributed by atoms with E-state index in [1.165, 1.54) is 19.3 Å². The lowest BCUT2D eigenvalue weighted by molar-refractivity contribution is -0.121. The fourth-order valence-electron chi connectivity index (χ4n) is 2.77. The summed E-state index contributed by atoms with van der Waals surface area (Å²) in [6.07, 6.45) is 6.79. The summed E-state index contributed by atoms with van der Waals surface area (Å²) in [6, 6.07) is 8.24. The minimum atomic E-state index is -0.571. The molecule has 1 atom stereocenters. The largest absolute Gasteiger partial charge is 0.352 e. The second-order valence-corrected chi connectivity index (χ2v) is 5.69. The van der Waals surface area contributed by atoms with Crippen LogP contribution < -0.4 is 5.32 Å². The summed E-state index contributed by atoms with van der Waals surface area (Å²) in [5, 5.41) is 2.53. The van der Waals surface area contributed by atoms with Crippen molar-refractivity contribution in [2.45, 2.75) is 56.9 Å². The molecule has 0 aliphatic heterocycles. The van der Waals surface area contributed by atoms with Crippen molar-refractivity contribution in [1.82, 2.24) is 5.32 Å². The first kappa shape index (κ1) is 14.4. The van der Waals surface area contributed by atoms with E-state index in [9.17, 15) is 4.79 Å². The second-order valence-electron chi connectivity index (χ2n) is 5.26. The number of halogens is 1. The Morgan fingerprint density at radius 3 is 2.68 bits per heavy atom. The number of carbonyl (C=O) groups excluding carboxylic acids is 1. The quantitative estimate of drug-likeness (QED) is 0.830. The van der Waals surface area contributed by atoms with Gasteiger partial charge < -0.3 is 5.32 Å². The topological polar surface area (TPSA) is 29.1 Å². The zero-order valence-electron chi connectivity index (χ0n) is 11.5. The van der Waals surface area contributed by atoms with Gasteiger partial charge in [-0.05, 0) is 30.4 Å². The monoisotopic (exact) mass is 279 g/mol. The van der Waals surface area contributed by atoms with Crippen molar-refractivity contribution in [2.75, 3.05) is 0 Å². The van der Waals surface area contributed by atoms with Crippen molar-refractivity contribution in [3.8, 4) is 0 Å². The van der Waals surface area contributed by atoms with Gasteiger partial charge in [0.25, 0.3) is 0 Å². The highest BCUT2D eigenvalue weighted by Crippen LogP contribution is 2.26. The average Bonchev–Trinajstić information content (AvgIpc) is 2.47. The summed E-state index contributed by atoms with van der Waals surface area (Å²) in [5.74, 6) is -0.0468. The summed E-state index contributed by atoms with van der Waals surface area (Å²) < 4.78 is 0. The first-order valence-corrected chi connectivity index (χ1v) is 7.68. The highest BCUT2D eigenvalue weighted by Gasteiger charge is 2.23. The molecule has 1 amide bonds. The Labute approximate surface area is 120 Å². The molecule has 1 fully saturated rings. The Morgan fingerprint density at radius 2 is 2.00 bits per heavy atom. The molecule has 1 unspecified atom stereocenters. The van der Waals surface area contributed by atoms with Gasteiger partial charge in [0, 0.05) is 6.04 Å². The molecule has 19 heavy (non-hydrogen) atoms. The van der Waals surface area contributed by atoms with Crippen LogP contribution in [0.2, 0.25) is 0 Å². The lowest BCUT2D eigenvalue weighted by Gasteiger charge is -2.24. The molecule has 2 rings (SSSR count). The number of alkyl halides is 1. The highest BCUT2D eigenvalue weighted by molar-refractivity contribution is 6.30. The van der Waals surface area contributed by atoms with Crippen LogP contribution in [0, 0.1) is 0 Å². The molecule has 0 saturated heterocycles. The van der Waals surface area contributed by atoms with E-state index in [2.05, 4.69) is 12.2 Å². The Hall–Kier alpha value is -1.02.